The largest absolute Gasteiger partial charge is 0.497 e. The van der Waals surface area contributed by atoms with Crippen molar-refractivity contribution in [2.75, 3.05) is 25.5 Å². The molecule has 2 aromatic carbocycles. The van der Waals surface area contributed by atoms with Gasteiger partial charge in [-0.15, -0.1) is 0 Å². The van der Waals surface area contributed by atoms with Crippen molar-refractivity contribution < 1.29 is 9.84 Å². The fourth-order valence-corrected chi connectivity index (χ4v) is 3.64. The summed E-state index contributed by atoms with van der Waals surface area (Å²) in [4.78, 5) is 11.1. The van der Waals surface area contributed by atoms with E-state index in [1.54, 1.807) is 13.4 Å². The maximum atomic E-state index is 10.1. The number of nitrogens with zero attached hydrogens (tertiary/aromatic N) is 3. The number of nitrogens with two attached hydrogens (primary N) is 1. The van der Waals surface area contributed by atoms with E-state index in [0.29, 0.717) is 13.1 Å². The van der Waals surface area contributed by atoms with Crippen LogP contribution in [0, 0.1) is 0 Å². The second-order valence-electron chi connectivity index (χ2n) is 7.15. The second kappa shape index (κ2) is 8.10. The number of nitrogens with one attached hydrogen (secondary N) is 1. The first-order valence-corrected chi connectivity index (χ1v) is 9.43. The normalized spacial score (nSPS) is 20.2. The molecule has 0 unspecified atom stereocenters. The molecule has 4 N–H and O–H groups in total. The number of methoxy groups -OCH3 is 1. The second-order valence-corrected chi connectivity index (χ2v) is 7.15. The number of benzene rings is 2. The Kier molecular flexibility index (Phi) is 5.38. The van der Waals surface area contributed by atoms with Crippen molar-refractivity contribution in [2.45, 2.75) is 25.1 Å². The topological polar surface area (TPSA) is 96.5 Å². The quantitative estimate of drug-likeness (QED) is 0.626. The standard InChI is InChI=1S/C21H25N5O2/c1-28-16-6-3-5-15(10-16)25-21-20-14(4-2-7-18(20)23-13-24-21)11-26-9-8-17(22)19(27)12-26/h2-7,10,13,17,19,27H,8-9,11-12,22H2,1H3,(H,23,24,25)/t17-,19+/m1/s1. The molecule has 7 nitrogen and oxygen atoms in total. The van der Waals surface area contributed by atoms with Gasteiger partial charge in [0, 0.05) is 42.8 Å². The highest BCUT2D eigenvalue weighted by atomic mass is 16.5. The summed E-state index contributed by atoms with van der Waals surface area (Å²) in [5.41, 5.74) is 8.84. The van der Waals surface area contributed by atoms with Crippen molar-refractivity contribution >= 4 is 22.4 Å². The maximum Gasteiger partial charge on any atom is 0.142 e. The number of rotatable bonds is 5. The number of β-amino-alcohol motifs (C(OH)–C–C–N with tert-alkyl or cyclic N) is 1. The zero-order valence-electron chi connectivity index (χ0n) is 15.9. The Balaban J connectivity index is 1.66. The van der Waals surface area contributed by atoms with Gasteiger partial charge in [0.05, 0.1) is 18.7 Å². The highest BCUT2D eigenvalue weighted by molar-refractivity contribution is 5.93. The molecule has 0 radical (unpaired) electrons. The van der Waals surface area contributed by atoms with Crippen molar-refractivity contribution in [1.82, 2.24) is 14.9 Å². The van der Waals surface area contributed by atoms with Crippen molar-refractivity contribution in [3.8, 4) is 5.75 Å². The lowest BCUT2D eigenvalue weighted by Crippen LogP contribution is -2.50. The number of piperidine rings is 1. The average Bonchev–Trinajstić information content (AvgIpc) is 2.71. The van der Waals surface area contributed by atoms with Crippen LogP contribution in [0.2, 0.25) is 0 Å². The molecule has 0 amide bonds. The smallest absolute Gasteiger partial charge is 0.142 e. The van der Waals surface area contributed by atoms with E-state index < -0.39 is 6.10 Å². The Labute approximate surface area is 164 Å². The van der Waals surface area contributed by atoms with Crippen LogP contribution in [0.3, 0.4) is 0 Å². The number of aromatic nitrogens is 2. The van der Waals surface area contributed by atoms with Gasteiger partial charge >= 0.3 is 0 Å². The SMILES string of the molecule is COc1cccc(Nc2ncnc3cccc(CN4CC[C@@H](N)[C@@H](O)C4)c23)c1. The van der Waals surface area contributed by atoms with Gasteiger partial charge in [0.1, 0.15) is 17.9 Å². The molecule has 0 spiro atoms. The van der Waals surface area contributed by atoms with Crippen LogP contribution in [0.4, 0.5) is 11.5 Å². The highest BCUT2D eigenvalue weighted by Gasteiger charge is 2.25. The summed E-state index contributed by atoms with van der Waals surface area (Å²) >= 11 is 0. The van der Waals surface area contributed by atoms with Crippen LogP contribution in [0.15, 0.2) is 48.8 Å². The fourth-order valence-electron chi connectivity index (χ4n) is 3.64. The first-order chi connectivity index (χ1) is 13.6. The lowest BCUT2D eigenvalue weighted by atomic mass is 10.0. The van der Waals surface area contributed by atoms with Gasteiger partial charge in [-0.1, -0.05) is 18.2 Å². The fraction of sp³-hybridized carbons (Fsp3) is 0.333. The van der Waals surface area contributed by atoms with Crippen LogP contribution >= 0.6 is 0 Å². The Morgan fingerprint density at radius 2 is 2.11 bits per heavy atom. The van der Waals surface area contributed by atoms with E-state index in [-0.39, 0.29) is 6.04 Å². The van der Waals surface area contributed by atoms with E-state index >= 15 is 0 Å². The van der Waals surface area contributed by atoms with Gasteiger partial charge in [0.25, 0.3) is 0 Å². The molecule has 28 heavy (non-hydrogen) atoms. The van der Waals surface area contributed by atoms with E-state index in [2.05, 4.69) is 26.3 Å². The summed E-state index contributed by atoms with van der Waals surface area (Å²) in [6, 6.07) is 13.7. The molecule has 7 heteroatoms. The third kappa shape index (κ3) is 3.91. The number of hydrogen-bond acceptors (Lipinski definition) is 7. The Bertz CT molecular complexity index is 959. The zero-order chi connectivity index (χ0) is 19.5. The summed E-state index contributed by atoms with van der Waals surface area (Å²) in [6.45, 7) is 2.14. The number of likely N-dealkylation sites (tertiary alicyclic amines) is 1. The lowest BCUT2D eigenvalue weighted by Gasteiger charge is -2.34. The predicted octanol–water partition coefficient (Wildman–Crippen LogP) is 2.28. The molecular weight excluding hydrogens is 354 g/mol. The van der Waals surface area contributed by atoms with Gasteiger partial charge < -0.3 is 20.9 Å². The molecule has 4 rings (SSSR count). The van der Waals surface area contributed by atoms with Crippen molar-refractivity contribution in [3.63, 3.8) is 0 Å². The van der Waals surface area contributed by atoms with E-state index in [1.165, 1.54) is 0 Å². The monoisotopic (exact) mass is 379 g/mol. The van der Waals surface area contributed by atoms with Crippen LogP contribution in [0.1, 0.15) is 12.0 Å². The van der Waals surface area contributed by atoms with Gasteiger partial charge in [-0.3, -0.25) is 4.90 Å². The lowest BCUT2D eigenvalue weighted by molar-refractivity contribution is 0.0501. The van der Waals surface area contributed by atoms with Crippen molar-refractivity contribution in [3.05, 3.63) is 54.4 Å². The van der Waals surface area contributed by atoms with Crippen LogP contribution in [0.5, 0.6) is 5.75 Å². The number of hydrogen-bond donors (Lipinski definition) is 3. The molecular formula is C21H25N5O2. The molecule has 3 aromatic rings. The summed E-state index contributed by atoms with van der Waals surface area (Å²) in [5, 5.41) is 14.5. The molecule has 1 aliphatic heterocycles. The summed E-state index contributed by atoms with van der Waals surface area (Å²) in [6.07, 6.45) is 1.87. The van der Waals surface area contributed by atoms with E-state index in [1.807, 2.05) is 36.4 Å². The summed E-state index contributed by atoms with van der Waals surface area (Å²) in [5.74, 6) is 1.53. The van der Waals surface area contributed by atoms with E-state index in [9.17, 15) is 5.11 Å². The Morgan fingerprint density at radius 1 is 1.25 bits per heavy atom. The Morgan fingerprint density at radius 3 is 2.93 bits per heavy atom. The third-order valence-corrected chi connectivity index (χ3v) is 5.19. The molecule has 1 aromatic heterocycles. The number of aliphatic hydroxyl groups is 1. The third-order valence-electron chi connectivity index (χ3n) is 5.19. The van der Waals surface area contributed by atoms with Gasteiger partial charge in [-0.2, -0.15) is 0 Å². The molecule has 0 aliphatic carbocycles. The molecule has 1 aliphatic rings. The average molecular weight is 379 g/mol. The van der Waals surface area contributed by atoms with Crippen LogP contribution in [0.25, 0.3) is 10.9 Å². The predicted molar refractivity (Wildman–Crippen MR) is 110 cm³/mol. The number of ether oxygens (including phenoxy) is 1. The van der Waals surface area contributed by atoms with E-state index in [4.69, 9.17) is 10.5 Å². The highest BCUT2D eigenvalue weighted by Crippen LogP contribution is 2.29. The van der Waals surface area contributed by atoms with Crippen molar-refractivity contribution in [1.29, 1.82) is 0 Å². The molecule has 2 heterocycles. The summed E-state index contributed by atoms with van der Waals surface area (Å²) < 4.78 is 5.31. The van der Waals surface area contributed by atoms with Crippen LogP contribution < -0.4 is 15.8 Å². The minimum atomic E-state index is -0.491. The van der Waals surface area contributed by atoms with Gasteiger partial charge in [0.2, 0.25) is 0 Å². The summed E-state index contributed by atoms with van der Waals surface area (Å²) in [7, 11) is 1.65. The molecule has 0 bridgehead atoms. The maximum absolute atomic E-state index is 10.1. The molecule has 1 fully saturated rings. The molecule has 0 saturated carbocycles. The van der Waals surface area contributed by atoms with Crippen molar-refractivity contribution in [2.24, 2.45) is 5.73 Å². The van der Waals surface area contributed by atoms with E-state index in [0.717, 1.165) is 46.7 Å². The molecule has 1 saturated heterocycles. The Hall–Kier alpha value is -2.74. The van der Waals surface area contributed by atoms with Gasteiger partial charge in [-0.25, -0.2) is 9.97 Å². The van der Waals surface area contributed by atoms with Gasteiger partial charge in [-0.05, 0) is 30.2 Å². The number of fused-ring (bicyclic) bond motifs is 1. The minimum Gasteiger partial charge on any atom is -0.497 e. The zero-order valence-corrected chi connectivity index (χ0v) is 15.9. The first-order valence-electron chi connectivity index (χ1n) is 9.43. The molecule has 146 valence electrons. The van der Waals surface area contributed by atoms with Crippen LogP contribution in [-0.4, -0.2) is 52.3 Å². The molecule has 2 atom stereocenters. The van der Waals surface area contributed by atoms with Crippen LogP contribution in [-0.2, 0) is 6.54 Å². The number of anilines is 2. The first kappa shape index (κ1) is 18.6. The van der Waals surface area contributed by atoms with Gasteiger partial charge in [0.15, 0.2) is 0 Å². The number of aliphatic hydroxyl groups excluding tert-OH is 1. The minimum absolute atomic E-state index is 0.141.